The lowest BCUT2D eigenvalue weighted by Crippen LogP contribution is -2.23. The van der Waals surface area contributed by atoms with Crippen LogP contribution in [0.15, 0.2) is 0 Å². The van der Waals surface area contributed by atoms with Gasteiger partial charge in [0.2, 0.25) is 0 Å². The Morgan fingerprint density at radius 2 is 2.36 bits per heavy atom. The summed E-state index contributed by atoms with van der Waals surface area (Å²) in [6.45, 7) is 4.36. The normalized spacial score (nSPS) is 12.5. The van der Waals surface area contributed by atoms with Gasteiger partial charge in [-0.25, -0.2) is 0 Å². The Kier molecular flexibility index (Phi) is 7.88. The van der Waals surface area contributed by atoms with E-state index in [1.807, 2.05) is 11.8 Å². The van der Waals surface area contributed by atoms with Crippen LogP contribution in [0.1, 0.15) is 19.8 Å². The van der Waals surface area contributed by atoms with Gasteiger partial charge in [0.15, 0.2) is 0 Å². The van der Waals surface area contributed by atoms with E-state index in [1.54, 1.807) is 0 Å². The minimum atomic E-state index is 0.709. The third-order valence-corrected chi connectivity index (χ3v) is 2.48. The molecule has 2 heteroatoms. The molecule has 1 N–H and O–H groups in total. The summed E-state index contributed by atoms with van der Waals surface area (Å²) in [4.78, 5) is 0. The van der Waals surface area contributed by atoms with Crippen molar-refractivity contribution in [3.05, 3.63) is 0 Å². The first-order chi connectivity index (χ1) is 5.31. The molecule has 0 bridgehead atoms. The summed E-state index contributed by atoms with van der Waals surface area (Å²) < 4.78 is 0. The van der Waals surface area contributed by atoms with Crippen LogP contribution in [0.25, 0.3) is 0 Å². The van der Waals surface area contributed by atoms with E-state index in [-0.39, 0.29) is 0 Å². The Hall–Kier alpha value is -0.130. The summed E-state index contributed by atoms with van der Waals surface area (Å²) in [5.41, 5.74) is 0. The minimum Gasteiger partial charge on any atom is -0.316 e. The molecule has 0 radical (unpaired) electrons. The molecule has 11 heavy (non-hydrogen) atoms. The predicted octanol–water partition coefficient (Wildman–Crippen LogP) is 1.74. The maximum absolute atomic E-state index is 5.11. The Labute approximate surface area is 74.3 Å². The van der Waals surface area contributed by atoms with Crippen molar-refractivity contribution in [2.24, 2.45) is 0 Å². The quantitative estimate of drug-likeness (QED) is 0.482. The maximum atomic E-state index is 5.11. The van der Waals surface area contributed by atoms with Crippen molar-refractivity contribution >= 4 is 11.8 Å². The highest BCUT2D eigenvalue weighted by Crippen LogP contribution is 2.02. The van der Waals surface area contributed by atoms with Crippen LogP contribution in [-0.2, 0) is 0 Å². The Bertz CT molecular complexity index is 117. The molecule has 64 valence electrons. The van der Waals surface area contributed by atoms with Crippen molar-refractivity contribution in [3.63, 3.8) is 0 Å². The number of hydrogen-bond donors (Lipinski definition) is 1. The molecule has 0 aliphatic carbocycles. The van der Waals surface area contributed by atoms with E-state index >= 15 is 0 Å². The van der Waals surface area contributed by atoms with Crippen LogP contribution in [0.2, 0.25) is 0 Å². The van der Waals surface area contributed by atoms with Crippen LogP contribution in [0, 0.1) is 12.3 Å². The van der Waals surface area contributed by atoms with Gasteiger partial charge >= 0.3 is 0 Å². The molecule has 0 aromatic carbocycles. The summed E-state index contributed by atoms with van der Waals surface area (Å²) in [7, 11) is 0. The Morgan fingerprint density at radius 3 is 2.91 bits per heavy atom. The Balaban J connectivity index is 2.97. The molecule has 1 unspecified atom stereocenters. The highest BCUT2D eigenvalue weighted by Gasteiger charge is 1.95. The fourth-order valence-electron chi connectivity index (χ4n) is 0.704. The molecule has 0 aromatic heterocycles. The molecule has 0 saturated heterocycles. The third kappa shape index (κ3) is 7.77. The SMILES string of the molecule is C#CCCCNCC(C)SC. The van der Waals surface area contributed by atoms with Crippen LogP contribution < -0.4 is 5.32 Å². The van der Waals surface area contributed by atoms with E-state index in [0.29, 0.717) is 5.25 Å². The molecule has 1 nitrogen and oxygen atoms in total. The highest BCUT2D eigenvalue weighted by molar-refractivity contribution is 7.99. The van der Waals surface area contributed by atoms with E-state index in [0.717, 1.165) is 25.9 Å². The minimum absolute atomic E-state index is 0.709. The van der Waals surface area contributed by atoms with Gasteiger partial charge in [0.05, 0.1) is 0 Å². The topological polar surface area (TPSA) is 12.0 Å². The van der Waals surface area contributed by atoms with Crippen molar-refractivity contribution in [1.82, 2.24) is 5.32 Å². The zero-order valence-electron chi connectivity index (χ0n) is 7.39. The first-order valence-electron chi connectivity index (χ1n) is 3.98. The van der Waals surface area contributed by atoms with Gasteiger partial charge in [0.1, 0.15) is 0 Å². The molecule has 0 saturated carbocycles. The number of thioether (sulfide) groups is 1. The second kappa shape index (κ2) is 7.97. The van der Waals surface area contributed by atoms with Gasteiger partial charge in [-0.1, -0.05) is 6.92 Å². The molecule has 1 atom stereocenters. The first-order valence-corrected chi connectivity index (χ1v) is 5.27. The van der Waals surface area contributed by atoms with E-state index in [2.05, 4.69) is 24.4 Å². The van der Waals surface area contributed by atoms with Gasteiger partial charge in [0.25, 0.3) is 0 Å². The summed E-state index contributed by atoms with van der Waals surface area (Å²) in [5, 5.41) is 4.06. The lowest BCUT2D eigenvalue weighted by Gasteiger charge is -2.08. The van der Waals surface area contributed by atoms with E-state index < -0.39 is 0 Å². The van der Waals surface area contributed by atoms with Crippen molar-refractivity contribution in [1.29, 1.82) is 0 Å². The lowest BCUT2D eigenvalue weighted by atomic mass is 10.3. The van der Waals surface area contributed by atoms with Gasteiger partial charge < -0.3 is 5.32 Å². The van der Waals surface area contributed by atoms with E-state index in [1.165, 1.54) is 0 Å². The molecule has 0 fully saturated rings. The Morgan fingerprint density at radius 1 is 1.64 bits per heavy atom. The number of unbranched alkanes of at least 4 members (excludes halogenated alkanes) is 1. The van der Waals surface area contributed by atoms with Crippen molar-refractivity contribution in [2.45, 2.75) is 25.0 Å². The molecule has 0 spiro atoms. The smallest absolute Gasteiger partial charge is 0.0141 e. The average Bonchev–Trinajstić information content (AvgIpc) is 2.04. The number of rotatable bonds is 6. The zero-order chi connectivity index (χ0) is 8.53. The molecule has 0 aromatic rings. The second-order valence-corrected chi connectivity index (χ2v) is 3.83. The third-order valence-electron chi connectivity index (χ3n) is 1.51. The largest absolute Gasteiger partial charge is 0.316 e. The summed E-state index contributed by atoms with van der Waals surface area (Å²) in [6.07, 6.45) is 9.23. The van der Waals surface area contributed by atoms with E-state index in [9.17, 15) is 0 Å². The van der Waals surface area contributed by atoms with Crippen LogP contribution in [0.5, 0.6) is 0 Å². The summed E-state index contributed by atoms with van der Waals surface area (Å²) >= 11 is 1.89. The molecule has 0 rings (SSSR count). The van der Waals surface area contributed by atoms with Gasteiger partial charge in [-0.05, 0) is 19.2 Å². The molecular weight excluding hydrogens is 154 g/mol. The standard InChI is InChI=1S/C9H17NS/c1-4-5-6-7-10-8-9(2)11-3/h1,9-10H,5-8H2,2-3H3. The van der Waals surface area contributed by atoms with Crippen LogP contribution in [0.4, 0.5) is 0 Å². The molecule has 0 amide bonds. The molecular formula is C9H17NS. The van der Waals surface area contributed by atoms with Crippen LogP contribution in [0.3, 0.4) is 0 Å². The second-order valence-electron chi connectivity index (χ2n) is 2.56. The fraction of sp³-hybridized carbons (Fsp3) is 0.778. The number of terminal acetylenes is 1. The molecule has 0 aliphatic rings. The van der Waals surface area contributed by atoms with Gasteiger partial charge in [-0.15, -0.1) is 12.3 Å². The number of nitrogens with one attached hydrogen (secondary N) is 1. The lowest BCUT2D eigenvalue weighted by molar-refractivity contribution is 0.655. The molecule has 0 aliphatic heterocycles. The maximum Gasteiger partial charge on any atom is 0.0141 e. The van der Waals surface area contributed by atoms with E-state index in [4.69, 9.17) is 6.42 Å². The van der Waals surface area contributed by atoms with Gasteiger partial charge in [0, 0.05) is 18.2 Å². The average molecular weight is 171 g/mol. The van der Waals surface area contributed by atoms with Gasteiger partial charge in [-0.3, -0.25) is 0 Å². The number of hydrogen-bond acceptors (Lipinski definition) is 2. The van der Waals surface area contributed by atoms with Crippen molar-refractivity contribution in [3.8, 4) is 12.3 Å². The summed E-state index contributed by atoms with van der Waals surface area (Å²) in [6, 6.07) is 0. The highest BCUT2D eigenvalue weighted by atomic mass is 32.2. The predicted molar refractivity (Wildman–Crippen MR) is 53.9 cm³/mol. The summed E-state index contributed by atoms with van der Waals surface area (Å²) in [5.74, 6) is 2.62. The fourth-order valence-corrected chi connectivity index (χ4v) is 0.989. The van der Waals surface area contributed by atoms with Crippen molar-refractivity contribution in [2.75, 3.05) is 19.3 Å². The van der Waals surface area contributed by atoms with Crippen LogP contribution >= 0.6 is 11.8 Å². The van der Waals surface area contributed by atoms with Crippen LogP contribution in [-0.4, -0.2) is 24.6 Å². The monoisotopic (exact) mass is 171 g/mol. The first kappa shape index (κ1) is 10.9. The van der Waals surface area contributed by atoms with Gasteiger partial charge in [-0.2, -0.15) is 11.8 Å². The molecule has 0 heterocycles. The zero-order valence-corrected chi connectivity index (χ0v) is 8.21. The van der Waals surface area contributed by atoms with Crippen molar-refractivity contribution < 1.29 is 0 Å².